The normalized spacial score (nSPS) is 11.9. The van der Waals surface area contributed by atoms with Crippen molar-refractivity contribution in [2.45, 2.75) is 17.3 Å². The average Bonchev–Trinajstić information content (AvgIpc) is 3.09. The molecule has 8 heteroatoms. The summed E-state index contributed by atoms with van der Waals surface area (Å²) in [4.78, 5) is 17.6. The van der Waals surface area contributed by atoms with Crippen molar-refractivity contribution in [3.05, 3.63) is 72.7 Å². The summed E-state index contributed by atoms with van der Waals surface area (Å²) in [7, 11) is 2.01. The zero-order valence-corrected chi connectivity index (χ0v) is 17.0. The van der Waals surface area contributed by atoms with Crippen molar-refractivity contribution < 1.29 is 0 Å². The van der Waals surface area contributed by atoms with Gasteiger partial charge in [-0.05, 0) is 24.6 Å². The number of nitrogens with two attached hydrogens (primary N) is 1. The lowest BCUT2D eigenvalue weighted by Gasteiger charge is -2.12. The Labute approximate surface area is 173 Å². The van der Waals surface area contributed by atoms with E-state index in [2.05, 4.69) is 42.0 Å². The molecular formula is C21H21N7S. The number of aromatic nitrogens is 5. The van der Waals surface area contributed by atoms with Gasteiger partial charge in [-0.2, -0.15) is 15.0 Å². The quantitative estimate of drug-likeness (QED) is 0.459. The molecule has 0 amide bonds. The predicted octanol–water partition coefficient (Wildman–Crippen LogP) is 4.45. The van der Waals surface area contributed by atoms with E-state index in [0.717, 1.165) is 22.1 Å². The van der Waals surface area contributed by atoms with E-state index >= 15 is 0 Å². The molecule has 2 aromatic heterocycles. The monoisotopic (exact) mass is 403 g/mol. The van der Waals surface area contributed by atoms with Crippen LogP contribution in [0.4, 0.5) is 17.6 Å². The number of rotatable bonds is 6. The number of imidazole rings is 1. The fourth-order valence-corrected chi connectivity index (χ4v) is 3.78. The van der Waals surface area contributed by atoms with Gasteiger partial charge < -0.3 is 15.6 Å². The minimum Gasteiger partial charge on any atom is -0.368 e. The van der Waals surface area contributed by atoms with Gasteiger partial charge in [0.25, 0.3) is 0 Å². The van der Waals surface area contributed by atoms with Crippen molar-refractivity contribution in [1.82, 2.24) is 24.5 Å². The summed E-state index contributed by atoms with van der Waals surface area (Å²) in [6.45, 7) is 2.03. The van der Waals surface area contributed by atoms with Crippen molar-refractivity contribution in [3.8, 4) is 11.3 Å². The van der Waals surface area contributed by atoms with Crippen LogP contribution in [0.15, 0.2) is 72.0 Å². The van der Waals surface area contributed by atoms with Gasteiger partial charge in [-0.15, -0.1) is 0 Å². The minimum absolute atomic E-state index is 0.0543. The van der Waals surface area contributed by atoms with Gasteiger partial charge in [0.15, 0.2) is 5.16 Å². The Morgan fingerprint density at radius 1 is 0.966 bits per heavy atom. The molecule has 0 saturated carbocycles. The Bertz CT molecular complexity index is 1100. The van der Waals surface area contributed by atoms with E-state index < -0.39 is 0 Å². The van der Waals surface area contributed by atoms with E-state index in [1.165, 1.54) is 0 Å². The Hall–Kier alpha value is -3.39. The Morgan fingerprint density at radius 3 is 2.38 bits per heavy atom. The van der Waals surface area contributed by atoms with Crippen LogP contribution in [0.3, 0.4) is 0 Å². The molecule has 0 bridgehead atoms. The van der Waals surface area contributed by atoms with Crippen molar-refractivity contribution in [2.75, 3.05) is 11.1 Å². The number of para-hydroxylation sites is 1. The van der Waals surface area contributed by atoms with Crippen molar-refractivity contribution in [2.24, 2.45) is 7.05 Å². The number of nitrogen functional groups attached to an aromatic ring is 1. The topological polar surface area (TPSA) is 94.5 Å². The van der Waals surface area contributed by atoms with E-state index in [1.807, 2.05) is 68.7 Å². The molecule has 4 aromatic rings. The maximum absolute atomic E-state index is 5.92. The maximum Gasteiger partial charge on any atom is 0.232 e. The first-order valence-corrected chi connectivity index (χ1v) is 10.1. The first kappa shape index (κ1) is 18.9. The maximum atomic E-state index is 5.92. The van der Waals surface area contributed by atoms with Crippen LogP contribution in [0.25, 0.3) is 11.3 Å². The number of hydrogen-bond donors (Lipinski definition) is 2. The lowest BCUT2D eigenvalue weighted by molar-refractivity contribution is 0.788. The largest absolute Gasteiger partial charge is 0.368 e. The Kier molecular flexibility index (Phi) is 5.44. The number of anilines is 3. The number of benzene rings is 2. The van der Waals surface area contributed by atoms with Gasteiger partial charge in [0.2, 0.25) is 11.9 Å². The smallest absolute Gasteiger partial charge is 0.232 e. The molecule has 146 valence electrons. The molecule has 3 N–H and O–H groups in total. The van der Waals surface area contributed by atoms with Crippen LogP contribution in [0.2, 0.25) is 0 Å². The second-order valence-electron chi connectivity index (χ2n) is 6.48. The van der Waals surface area contributed by atoms with Crippen molar-refractivity contribution >= 4 is 29.3 Å². The zero-order chi connectivity index (χ0) is 20.2. The van der Waals surface area contributed by atoms with Crippen LogP contribution in [0.5, 0.6) is 0 Å². The van der Waals surface area contributed by atoms with Gasteiger partial charge in [-0.1, -0.05) is 60.3 Å². The standard InChI is InChI=1S/C21H21N7S/c1-14(29-21-23-13-17(28(21)2)15-9-5-3-6-10-15)18-25-19(22)27-20(26-18)24-16-11-7-4-8-12-16/h3-14H,1-2H3,(H3,22,24,25,26,27)/t14-/m0/s1. The summed E-state index contributed by atoms with van der Waals surface area (Å²) in [5, 5.41) is 4.00. The fourth-order valence-electron chi connectivity index (χ4n) is 2.89. The highest BCUT2D eigenvalue weighted by Gasteiger charge is 2.18. The third-order valence-corrected chi connectivity index (χ3v) is 5.52. The number of thioether (sulfide) groups is 1. The summed E-state index contributed by atoms with van der Waals surface area (Å²) in [6, 6.07) is 19.9. The highest BCUT2D eigenvalue weighted by Crippen LogP contribution is 2.34. The first-order chi connectivity index (χ1) is 14.1. The predicted molar refractivity (Wildman–Crippen MR) is 117 cm³/mol. The molecule has 0 aliphatic heterocycles. The molecule has 0 spiro atoms. The van der Waals surface area contributed by atoms with E-state index in [9.17, 15) is 0 Å². The molecule has 29 heavy (non-hydrogen) atoms. The van der Waals surface area contributed by atoms with Crippen LogP contribution in [0, 0.1) is 0 Å². The van der Waals surface area contributed by atoms with E-state index in [-0.39, 0.29) is 11.2 Å². The first-order valence-electron chi connectivity index (χ1n) is 9.17. The highest BCUT2D eigenvalue weighted by atomic mass is 32.2. The average molecular weight is 404 g/mol. The number of hydrogen-bond acceptors (Lipinski definition) is 7. The summed E-state index contributed by atoms with van der Waals surface area (Å²) in [5.41, 5.74) is 8.99. The van der Waals surface area contributed by atoms with Crippen LogP contribution in [-0.4, -0.2) is 24.5 Å². The summed E-state index contributed by atoms with van der Waals surface area (Å²) in [6.07, 6.45) is 1.88. The second kappa shape index (κ2) is 8.32. The van der Waals surface area contributed by atoms with Gasteiger partial charge in [0.05, 0.1) is 17.1 Å². The molecule has 7 nitrogen and oxygen atoms in total. The Balaban J connectivity index is 1.54. The third kappa shape index (κ3) is 4.38. The number of nitrogens with one attached hydrogen (secondary N) is 1. The molecule has 0 aliphatic rings. The van der Waals surface area contributed by atoms with Crippen molar-refractivity contribution in [3.63, 3.8) is 0 Å². The molecule has 0 saturated heterocycles. The lowest BCUT2D eigenvalue weighted by Crippen LogP contribution is -2.08. The van der Waals surface area contributed by atoms with Gasteiger partial charge in [-0.3, -0.25) is 0 Å². The van der Waals surface area contributed by atoms with Gasteiger partial charge in [-0.25, -0.2) is 4.98 Å². The highest BCUT2D eigenvalue weighted by molar-refractivity contribution is 7.99. The minimum atomic E-state index is -0.0543. The molecule has 0 unspecified atom stereocenters. The molecular weight excluding hydrogens is 382 g/mol. The van der Waals surface area contributed by atoms with E-state index in [1.54, 1.807) is 11.8 Å². The molecule has 4 rings (SSSR count). The van der Waals surface area contributed by atoms with Crippen LogP contribution >= 0.6 is 11.8 Å². The summed E-state index contributed by atoms with van der Waals surface area (Å²) in [5.74, 6) is 1.21. The van der Waals surface area contributed by atoms with Gasteiger partial charge >= 0.3 is 0 Å². The van der Waals surface area contributed by atoms with E-state index in [4.69, 9.17) is 5.73 Å². The van der Waals surface area contributed by atoms with Gasteiger partial charge in [0, 0.05) is 12.7 Å². The second-order valence-corrected chi connectivity index (χ2v) is 7.79. The van der Waals surface area contributed by atoms with Crippen LogP contribution in [-0.2, 0) is 7.05 Å². The number of nitrogens with zero attached hydrogens (tertiary/aromatic N) is 5. The Morgan fingerprint density at radius 2 is 1.66 bits per heavy atom. The molecule has 0 fully saturated rings. The molecule has 0 aliphatic carbocycles. The SMILES string of the molecule is C[C@H](Sc1ncc(-c2ccccc2)n1C)c1nc(N)nc(Nc2ccccc2)n1. The molecule has 2 heterocycles. The molecule has 1 atom stereocenters. The van der Waals surface area contributed by atoms with Crippen LogP contribution < -0.4 is 11.1 Å². The summed E-state index contributed by atoms with van der Waals surface area (Å²) >= 11 is 1.58. The fraction of sp³-hybridized carbons (Fsp3) is 0.143. The van der Waals surface area contributed by atoms with Crippen LogP contribution in [0.1, 0.15) is 18.0 Å². The molecule has 0 radical (unpaired) electrons. The summed E-state index contributed by atoms with van der Waals surface area (Å²) < 4.78 is 2.07. The lowest BCUT2D eigenvalue weighted by atomic mass is 10.2. The molecule has 2 aromatic carbocycles. The van der Waals surface area contributed by atoms with Gasteiger partial charge in [0.1, 0.15) is 5.82 Å². The van der Waals surface area contributed by atoms with E-state index in [0.29, 0.717) is 11.8 Å². The van der Waals surface area contributed by atoms with Crippen molar-refractivity contribution in [1.29, 1.82) is 0 Å². The third-order valence-electron chi connectivity index (χ3n) is 4.36. The zero-order valence-electron chi connectivity index (χ0n) is 16.1.